The van der Waals surface area contributed by atoms with E-state index in [1.54, 1.807) is 0 Å². The van der Waals surface area contributed by atoms with Gasteiger partial charge in [-0.3, -0.25) is 4.90 Å². The molecule has 2 atom stereocenters. The molecule has 114 valence electrons. The fraction of sp³-hybridized carbons (Fsp3) is 1.00. The molecule has 19 heavy (non-hydrogen) atoms. The van der Waals surface area contributed by atoms with Crippen LogP contribution >= 0.6 is 0 Å². The molecule has 1 fully saturated rings. The molecule has 2 unspecified atom stereocenters. The Kier molecular flexibility index (Phi) is 8.67. The number of nitrogens with one attached hydrogen (secondary N) is 1. The zero-order valence-corrected chi connectivity index (χ0v) is 13.6. The lowest BCUT2D eigenvalue weighted by Crippen LogP contribution is -2.38. The maximum absolute atomic E-state index is 3.58. The van der Waals surface area contributed by atoms with Crippen molar-refractivity contribution in [1.29, 1.82) is 0 Å². The summed E-state index contributed by atoms with van der Waals surface area (Å²) in [4.78, 5) is 5.16. The van der Waals surface area contributed by atoms with Crippen molar-refractivity contribution >= 4 is 0 Å². The van der Waals surface area contributed by atoms with Gasteiger partial charge in [0.25, 0.3) is 0 Å². The molecule has 0 aromatic rings. The standard InChI is InChI=1S/C16H35N3/c1-5-10-17-15(2)9-6-7-12-19-13-8-11-18(4)14-16(19)3/h15-17H,5-14H2,1-4H3. The number of rotatable bonds is 8. The number of nitrogens with zero attached hydrogens (tertiary/aromatic N) is 2. The fourth-order valence-electron chi connectivity index (χ4n) is 3.01. The first kappa shape index (κ1) is 16.9. The van der Waals surface area contributed by atoms with Crippen LogP contribution in [0.2, 0.25) is 0 Å². The lowest BCUT2D eigenvalue weighted by atomic mass is 10.1. The van der Waals surface area contributed by atoms with E-state index in [2.05, 4.69) is 42.9 Å². The van der Waals surface area contributed by atoms with Gasteiger partial charge in [0.2, 0.25) is 0 Å². The Hall–Kier alpha value is -0.120. The topological polar surface area (TPSA) is 18.5 Å². The average Bonchev–Trinajstić information content (AvgIpc) is 2.53. The minimum absolute atomic E-state index is 0.688. The molecular formula is C16H35N3. The SMILES string of the molecule is CCCNC(C)CCCCN1CCCN(C)CC1C. The van der Waals surface area contributed by atoms with Crippen LogP contribution < -0.4 is 5.32 Å². The summed E-state index contributed by atoms with van der Waals surface area (Å²) in [7, 11) is 2.25. The summed E-state index contributed by atoms with van der Waals surface area (Å²) < 4.78 is 0. The van der Waals surface area contributed by atoms with Crippen molar-refractivity contribution in [3.63, 3.8) is 0 Å². The summed E-state index contributed by atoms with van der Waals surface area (Å²) in [6.45, 7) is 13.2. The normalized spacial score (nSPS) is 24.3. The molecule has 1 aliphatic rings. The Morgan fingerprint density at radius 2 is 2.05 bits per heavy atom. The first-order chi connectivity index (χ1) is 9.13. The number of hydrogen-bond acceptors (Lipinski definition) is 3. The quantitative estimate of drug-likeness (QED) is 0.683. The van der Waals surface area contributed by atoms with Crippen LogP contribution in [0, 0.1) is 0 Å². The van der Waals surface area contributed by atoms with Gasteiger partial charge in [0.15, 0.2) is 0 Å². The minimum atomic E-state index is 0.688. The van der Waals surface area contributed by atoms with Gasteiger partial charge in [-0.1, -0.05) is 13.3 Å². The third-order valence-electron chi connectivity index (χ3n) is 4.26. The molecular weight excluding hydrogens is 234 g/mol. The molecule has 1 saturated heterocycles. The molecule has 3 nitrogen and oxygen atoms in total. The van der Waals surface area contributed by atoms with Crippen molar-refractivity contribution in [2.24, 2.45) is 0 Å². The van der Waals surface area contributed by atoms with Crippen LogP contribution in [0.3, 0.4) is 0 Å². The Bertz CT molecular complexity index is 220. The van der Waals surface area contributed by atoms with Crippen LogP contribution in [-0.4, -0.2) is 61.7 Å². The summed E-state index contributed by atoms with van der Waals surface area (Å²) >= 11 is 0. The van der Waals surface area contributed by atoms with Gasteiger partial charge in [-0.25, -0.2) is 0 Å². The summed E-state index contributed by atoms with van der Waals surface area (Å²) in [6.07, 6.45) is 6.60. The molecule has 0 spiro atoms. The van der Waals surface area contributed by atoms with E-state index in [-0.39, 0.29) is 0 Å². The van der Waals surface area contributed by atoms with Gasteiger partial charge in [0.05, 0.1) is 0 Å². The third-order valence-corrected chi connectivity index (χ3v) is 4.26. The molecule has 1 heterocycles. The summed E-state index contributed by atoms with van der Waals surface area (Å²) in [6, 6.07) is 1.41. The first-order valence-electron chi connectivity index (χ1n) is 8.29. The van der Waals surface area contributed by atoms with Gasteiger partial charge in [-0.2, -0.15) is 0 Å². The maximum atomic E-state index is 3.58. The van der Waals surface area contributed by atoms with Crippen LogP contribution in [-0.2, 0) is 0 Å². The van der Waals surface area contributed by atoms with Gasteiger partial charge in [-0.15, -0.1) is 0 Å². The highest BCUT2D eigenvalue weighted by Gasteiger charge is 2.18. The van der Waals surface area contributed by atoms with Crippen molar-refractivity contribution in [2.75, 3.05) is 39.8 Å². The van der Waals surface area contributed by atoms with Crippen LogP contribution in [0.5, 0.6) is 0 Å². The molecule has 1 rings (SSSR count). The highest BCUT2D eigenvalue weighted by molar-refractivity contribution is 4.75. The van der Waals surface area contributed by atoms with Crippen molar-refractivity contribution in [3.8, 4) is 0 Å². The van der Waals surface area contributed by atoms with E-state index in [4.69, 9.17) is 0 Å². The lowest BCUT2D eigenvalue weighted by molar-refractivity contribution is 0.198. The maximum Gasteiger partial charge on any atom is 0.0194 e. The van der Waals surface area contributed by atoms with Gasteiger partial charge >= 0.3 is 0 Å². The van der Waals surface area contributed by atoms with Crippen molar-refractivity contribution < 1.29 is 0 Å². The number of hydrogen-bond donors (Lipinski definition) is 1. The van der Waals surface area contributed by atoms with Gasteiger partial charge in [0.1, 0.15) is 0 Å². The van der Waals surface area contributed by atoms with E-state index in [0.717, 1.165) is 12.6 Å². The monoisotopic (exact) mass is 269 g/mol. The Morgan fingerprint density at radius 3 is 2.79 bits per heavy atom. The molecule has 0 aliphatic carbocycles. The van der Waals surface area contributed by atoms with Gasteiger partial charge in [0, 0.05) is 18.6 Å². The average molecular weight is 269 g/mol. The molecule has 3 heteroatoms. The van der Waals surface area contributed by atoms with E-state index in [1.165, 1.54) is 58.3 Å². The highest BCUT2D eigenvalue weighted by Crippen LogP contribution is 2.10. The van der Waals surface area contributed by atoms with Crippen LogP contribution in [0.25, 0.3) is 0 Å². The number of likely N-dealkylation sites (N-methyl/N-ethyl adjacent to an activating group) is 1. The molecule has 1 aliphatic heterocycles. The van der Waals surface area contributed by atoms with Crippen molar-refractivity contribution in [2.45, 2.75) is 65.0 Å². The highest BCUT2D eigenvalue weighted by atomic mass is 15.2. The second kappa shape index (κ2) is 9.73. The molecule has 0 radical (unpaired) electrons. The van der Waals surface area contributed by atoms with E-state index >= 15 is 0 Å². The van der Waals surface area contributed by atoms with E-state index in [0.29, 0.717) is 6.04 Å². The zero-order chi connectivity index (χ0) is 14.1. The van der Waals surface area contributed by atoms with E-state index < -0.39 is 0 Å². The van der Waals surface area contributed by atoms with Crippen LogP contribution in [0.1, 0.15) is 52.9 Å². The first-order valence-corrected chi connectivity index (χ1v) is 8.29. The predicted molar refractivity (Wildman–Crippen MR) is 84.8 cm³/mol. The van der Waals surface area contributed by atoms with Gasteiger partial charge < -0.3 is 10.2 Å². The minimum Gasteiger partial charge on any atom is -0.314 e. The molecule has 0 saturated carbocycles. The summed E-state index contributed by atoms with van der Waals surface area (Å²) in [5, 5.41) is 3.58. The Balaban J connectivity index is 2.11. The molecule has 0 amide bonds. The Morgan fingerprint density at radius 1 is 1.26 bits per heavy atom. The smallest absolute Gasteiger partial charge is 0.0194 e. The zero-order valence-electron chi connectivity index (χ0n) is 13.6. The fourth-order valence-corrected chi connectivity index (χ4v) is 3.01. The number of unbranched alkanes of at least 4 members (excludes halogenated alkanes) is 1. The molecule has 1 N–H and O–H groups in total. The van der Waals surface area contributed by atoms with E-state index in [9.17, 15) is 0 Å². The van der Waals surface area contributed by atoms with Crippen LogP contribution in [0.4, 0.5) is 0 Å². The van der Waals surface area contributed by atoms with Crippen molar-refractivity contribution in [3.05, 3.63) is 0 Å². The van der Waals surface area contributed by atoms with Crippen LogP contribution in [0.15, 0.2) is 0 Å². The lowest BCUT2D eigenvalue weighted by Gasteiger charge is -2.28. The molecule has 0 bridgehead atoms. The molecule has 0 aromatic heterocycles. The third kappa shape index (κ3) is 7.28. The van der Waals surface area contributed by atoms with Crippen molar-refractivity contribution in [1.82, 2.24) is 15.1 Å². The predicted octanol–water partition coefficient (Wildman–Crippen LogP) is 2.57. The Labute approximate surface area is 120 Å². The van der Waals surface area contributed by atoms with E-state index in [1.807, 2.05) is 0 Å². The molecule has 0 aromatic carbocycles. The second-order valence-electron chi connectivity index (χ2n) is 6.35. The summed E-state index contributed by atoms with van der Waals surface area (Å²) in [5.41, 5.74) is 0. The summed E-state index contributed by atoms with van der Waals surface area (Å²) in [5.74, 6) is 0. The second-order valence-corrected chi connectivity index (χ2v) is 6.35. The van der Waals surface area contributed by atoms with Gasteiger partial charge in [-0.05, 0) is 72.8 Å². The largest absolute Gasteiger partial charge is 0.314 e.